The highest BCUT2D eigenvalue weighted by atomic mass is 16.8. The Hall–Kier alpha value is -2.58. The van der Waals surface area contributed by atoms with Gasteiger partial charge in [0.15, 0.2) is 0 Å². The zero-order chi connectivity index (χ0) is 39.4. The zero-order valence-electron chi connectivity index (χ0n) is 34.6. The Labute approximate surface area is 319 Å². The Balaban J connectivity index is 1.33. The molecule has 0 aromatic carbocycles. The maximum atomic E-state index is 13.2. The predicted molar refractivity (Wildman–Crippen MR) is 202 cm³/mol. The number of aliphatic carboxylic acids is 1. The van der Waals surface area contributed by atoms with Crippen LogP contribution in [0.5, 0.6) is 0 Å². The number of allylic oxidation sites excluding steroid dienone is 1. The molecule has 0 spiro atoms. The monoisotopic (exact) mass is 743 g/mol. The Morgan fingerprint density at radius 1 is 0.830 bits per heavy atom. The highest BCUT2D eigenvalue weighted by molar-refractivity contribution is 5.73. The molecule has 0 aliphatic heterocycles. The van der Waals surface area contributed by atoms with Crippen molar-refractivity contribution in [2.75, 3.05) is 6.61 Å². The Kier molecular flexibility index (Phi) is 11.6. The fraction of sp³-hybridized carbons (Fsp3) is 0.864. The fourth-order valence-corrected chi connectivity index (χ4v) is 13.9. The third-order valence-corrected chi connectivity index (χ3v) is 16.4. The van der Waals surface area contributed by atoms with E-state index in [4.69, 9.17) is 18.9 Å². The summed E-state index contributed by atoms with van der Waals surface area (Å²) in [6.45, 7) is 26.2. The second-order valence-corrected chi connectivity index (χ2v) is 20.2. The van der Waals surface area contributed by atoms with Crippen molar-refractivity contribution in [3.63, 3.8) is 0 Å². The molecular formula is C44H70O9. The van der Waals surface area contributed by atoms with Crippen LogP contribution in [0.1, 0.15) is 159 Å². The van der Waals surface area contributed by atoms with Gasteiger partial charge in [0.1, 0.15) is 6.10 Å². The third kappa shape index (κ3) is 7.54. The van der Waals surface area contributed by atoms with Gasteiger partial charge in [0.05, 0.1) is 19.4 Å². The summed E-state index contributed by atoms with van der Waals surface area (Å²) < 4.78 is 21.7. The lowest BCUT2D eigenvalue weighted by Crippen LogP contribution is -2.66. The molecule has 0 amide bonds. The van der Waals surface area contributed by atoms with Crippen molar-refractivity contribution in [1.82, 2.24) is 0 Å². The van der Waals surface area contributed by atoms with Crippen LogP contribution in [0.3, 0.4) is 0 Å². The number of carbonyl (C=O) groups is 4. The van der Waals surface area contributed by atoms with E-state index in [9.17, 15) is 24.3 Å². The molecular weight excluding hydrogens is 672 g/mol. The summed E-state index contributed by atoms with van der Waals surface area (Å²) in [7, 11) is 0. The number of rotatable bonds is 12. The maximum Gasteiger partial charge on any atom is 0.511 e. The van der Waals surface area contributed by atoms with Crippen LogP contribution in [0.15, 0.2) is 12.2 Å². The average molecular weight is 743 g/mol. The minimum atomic E-state index is -0.994. The predicted octanol–water partition coefficient (Wildman–Crippen LogP) is 10.3. The van der Waals surface area contributed by atoms with Gasteiger partial charge >= 0.3 is 24.1 Å². The number of hydrogen-bond acceptors (Lipinski definition) is 8. The molecule has 9 nitrogen and oxygen atoms in total. The lowest BCUT2D eigenvalue weighted by molar-refractivity contribution is -0.250. The molecule has 1 unspecified atom stereocenters. The van der Waals surface area contributed by atoms with Crippen molar-refractivity contribution < 1.29 is 43.2 Å². The van der Waals surface area contributed by atoms with Gasteiger partial charge in [-0.1, -0.05) is 60.6 Å². The summed E-state index contributed by atoms with van der Waals surface area (Å²) in [5.41, 5.74) is 0.926. The molecule has 11 atom stereocenters. The molecule has 53 heavy (non-hydrogen) atoms. The van der Waals surface area contributed by atoms with Crippen molar-refractivity contribution in [3.8, 4) is 0 Å². The van der Waals surface area contributed by atoms with E-state index in [1.165, 1.54) is 18.4 Å². The third-order valence-electron chi connectivity index (χ3n) is 16.4. The Bertz CT molecular complexity index is 1430. The molecule has 5 saturated carbocycles. The normalized spacial score (nSPS) is 39.2. The van der Waals surface area contributed by atoms with E-state index < -0.39 is 23.8 Å². The summed E-state index contributed by atoms with van der Waals surface area (Å²) in [4.78, 5) is 49.5. The van der Waals surface area contributed by atoms with Crippen LogP contribution in [0.25, 0.3) is 0 Å². The van der Waals surface area contributed by atoms with Gasteiger partial charge in [-0.05, 0) is 141 Å². The highest BCUT2D eigenvalue weighted by Gasteiger charge is 2.71. The molecule has 5 rings (SSSR count). The van der Waals surface area contributed by atoms with Gasteiger partial charge in [0.2, 0.25) is 6.29 Å². The topological polar surface area (TPSA) is 125 Å². The van der Waals surface area contributed by atoms with Crippen LogP contribution in [0.2, 0.25) is 0 Å². The SMILES string of the molecule is C=C(C)[C@@H]1CC[C@]2(CCC(=O)OC(C)OC(=O)OCC)CC[C@]3(C)[C@H](CC[C@@H]4[C@@]5(C)CC[C@H](OC(=O)CC(C)(C)CC(=O)O)C(C)(C)[C@@H]5CC[C@]43C)[C@@H]12. The Morgan fingerprint density at radius 3 is 2.17 bits per heavy atom. The van der Waals surface area contributed by atoms with Crippen LogP contribution in [-0.2, 0) is 33.3 Å². The number of esters is 2. The first-order valence-electron chi connectivity index (χ1n) is 20.6. The van der Waals surface area contributed by atoms with Crippen LogP contribution in [0.4, 0.5) is 4.79 Å². The number of carbonyl (C=O) groups excluding carboxylic acids is 3. The minimum Gasteiger partial charge on any atom is -0.481 e. The molecule has 0 aromatic rings. The van der Waals surface area contributed by atoms with E-state index >= 15 is 0 Å². The van der Waals surface area contributed by atoms with E-state index in [1.807, 2.05) is 13.8 Å². The van der Waals surface area contributed by atoms with Crippen LogP contribution >= 0.6 is 0 Å². The van der Waals surface area contributed by atoms with Gasteiger partial charge in [0.25, 0.3) is 0 Å². The minimum absolute atomic E-state index is 0.0608. The average Bonchev–Trinajstić information content (AvgIpc) is 3.41. The summed E-state index contributed by atoms with van der Waals surface area (Å²) >= 11 is 0. The number of hydrogen-bond donors (Lipinski definition) is 1. The summed E-state index contributed by atoms with van der Waals surface area (Å²) in [6.07, 6.45) is 10.1. The van der Waals surface area contributed by atoms with E-state index in [2.05, 4.69) is 48.1 Å². The molecule has 5 aliphatic rings. The van der Waals surface area contributed by atoms with Crippen molar-refractivity contribution in [3.05, 3.63) is 12.2 Å². The first kappa shape index (κ1) is 41.6. The van der Waals surface area contributed by atoms with Gasteiger partial charge < -0.3 is 24.1 Å². The molecule has 5 fully saturated rings. The lowest BCUT2D eigenvalue weighted by atomic mass is 9.32. The maximum absolute atomic E-state index is 13.2. The van der Waals surface area contributed by atoms with Crippen molar-refractivity contribution >= 4 is 24.1 Å². The molecule has 0 heterocycles. The quantitative estimate of drug-likeness (QED) is 0.0900. The van der Waals surface area contributed by atoms with Gasteiger partial charge in [0, 0.05) is 18.8 Å². The zero-order valence-corrected chi connectivity index (χ0v) is 34.6. The van der Waals surface area contributed by atoms with Gasteiger partial charge in [-0.15, -0.1) is 0 Å². The van der Waals surface area contributed by atoms with Crippen LogP contribution in [-0.4, -0.2) is 48.2 Å². The van der Waals surface area contributed by atoms with E-state index in [0.717, 1.165) is 57.8 Å². The second kappa shape index (κ2) is 14.8. The molecule has 9 heteroatoms. The summed E-state index contributed by atoms with van der Waals surface area (Å²) in [6, 6.07) is 0. The first-order chi connectivity index (χ1) is 24.5. The van der Waals surface area contributed by atoms with Crippen molar-refractivity contribution in [2.24, 2.45) is 62.1 Å². The number of carboxylic acids is 1. The van der Waals surface area contributed by atoms with E-state index in [1.54, 1.807) is 13.8 Å². The van der Waals surface area contributed by atoms with E-state index in [-0.39, 0.29) is 64.6 Å². The number of fused-ring (bicyclic) bond motifs is 7. The summed E-state index contributed by atoms with van der Waals surface area (Å²) in [5.74, 6) is 0.928. The molecule has 1 N–H and O–H groups in total. The van der Waals surface area contributed by atoms with Crippen molar-refractivity contribution in [2.45, 2.75) is 172 Å². The second-order valence-electron chi connectivity index (χ2n) is 20.2. The molecule has 0 aromatic heterocycles. The lowest BCUT2D eigenvalue weighted by Gasteiger charge is -2.73. The van der Waals surface area contributed by atoms with E-state index in [0.29, 0.717) is 36.0 Å². The highest BCUT2D eigenvalue weighted by Crippen LogP contribution is 2.78. The molecule has 0 saturated heterocycles. The molecule has 300 valence electrons. The fourth-order valence-electron chi connectivity index (χ4n) is 13.9. The number of ether oxygens (including phenoxy) is 4. The summed E-state index contributed by atoms with van der Waals surface area (Å²) in [5, 5.41) is 9.34. The van der Waals surface area contributed by atoms with Crippen molar-refractivity contribution in [1.29, 1.82) is 0 Å². The van der Waals surface area contributed by atoms with Gasteiger partial charge in [-0.3, -0.25) is 14.4 Å². The van der Waals surface area contributed by atoms with Crippen LogP contribution < -0.4 is 0 Å². The standard InChI is InChI=1S/C44H70O9/c1-12-50-38(49)52-28(4)51-35(47)18-22-44-21-15-29(27(2)3)37(44)30-13-14-32-41(9)19-17-33(53-36(48)26-39(5,6)25-34(45)46)40(7,8)31(41)16-20-43(32,11)42(30,10)23-24-44/h28-33,37H,2,12-26H2,1,3-11H3,(H,45,46)/t28?,29-,30+,31-,32+,33-,37+,41-,42+,43+,44-/m0/s1. The van der Waals surface area contributed by atoms with Gasteiger partial charge in [-0.2, -0.15) is 0 Å². The molecule has 0 radical (unpaired) electrons. The Morgan fingerprint density at radius 2 is 1.53 bits per heavy atom. The smallest absolute Gasteiger partial charge is 0.481 e. The largest absolute Gasteiger partial charge is 0.511 e. The van der Waals surface area contributed by atoms with Crippen LogP contribution in [0, 0.1) is 62.1 Å². The first-order valence-corrected chi connectivity index (χ1v) is 20.6. The molecule has 5 aliphatic carbocycles. The molecule has 0 bridgehead atoms. The number of carboxylic acid groups (broad SMARTS) is 1. The van der Waals surface area contributed by atoms with Gasteiger partial charge in [-0.25, -0.2) is 4.79 Å².